The lowest BCUT2D eigenvalue weighted by Gasteiger charge is -2.43. The fourth-order valence-corrected chi connectivity index (χ4v) is 4.50. The number of piperidine rings is 1. The monoisotopic (exact) mass is 357 g/mol. The van der Waals surface area contributed by atoms with Gasteiger partial charge in [0.05, 0.1) is 0 Å². The highest BCUT2D eigenvalue weighted by atomic mass is 16.3. The van der Waals surface area contributed by atoms with Crippen molar-refractivity contribution in [2.75, 3.05) is 6.54 Å². The van der Waals surface area contributed by atoms with E-state index >= 15 is 0 Å². The highest BCUT2D eigenvalue weighted by Gasteiger charge is 2.45. The largest absolute Gasteiger partial charge is 0.380 e. The SMILES string of the molecule is OC(c1ccccc1)(c1ccccc1)C(c1ccccc1)[C@@H]1CCCCN1. The summed E-state index contributed by atoms with van der Waals surface area (Å²) in [5, 5.41) is 16.1. The smallest absolute Gasteiger partial charge is 0.123 e. The molecular weight excluding hydrogens is 330 g/mol. The summed E-state index contributed by atoms with van der Waals surface area (Å²) in [4.78, 5) is 0. The Bertz CT molecular complexity index is 786. The standard InChI is InChI=1S/C25H27NO/c27-25(21-14-6-2-7-15-21,22-16-8-3-9-17-22)24(20-12-4-1-5-13-20)23-18-10-11-19-26-23/h1-9,12-17,23-24,26-27H,10-11,18-19H2/t23-,24?/m0/s1. The Morgan fingerprint density at radius 1 is 0.741 bits per heavy atom. The Morgan fingerprint density at radius 2 is 1.26 bits per heavy atom. The van der Waals surface area contributed by atoms with Crippen LogP contribution in [0.2, 0.25) is 0 Å². The van der Waals surface area contributed by atoms with Gasteiger partial charge in [0.2, 0.25) is 0 Å². The summed E-state index contributed by atoms with van der Waals surface area (Å²) >= 11 is 0. The Hall–Kier alpha value is -2.42. The minimum Gasteiger partial charge on any atom is -0.380 e. The average Bonchev–Trinajstić information content (AvgIpc) is 2.76. The van der Waals surface area contributed by atoms with E-state index in [0.717, 1.165) is 24.1 Å². The number of aliphatic hydroxyl groups is 1. The lowest BCUT2D eigenvalue weighted by atomic mass is 9.68. The fraction of sp³-hybridized carbons (Fsp3) is 0.280. The van der Waals surface area contributed by atoms with Crippen LogP contribution in [0.25, 0.3) is 0 Å². The van der Waals surface area contributed by atoms with Crippen LogP contribution in [0.15, 0.2) is 91.0 Å². The van der Waals surface area contributed by atoms with Crippen LogP contribution in [0, 0.1) is 0 Å². The number of rotatable bonds is 5. The van der Waals surface area contributed by atoms with E-state index in [1.807, 2.05) is 66.7 Å². The molecule has 2 atom stereocenters. The molecule has 1 unspecified atom stereocenters. The molecule has 0 amide bonds. The van der Waals surface area contributed by atoms with Gasteiger partial charge in [0, 0.05) is 12.0 Å². The zero-order valence-corrected chi connectivity index (χ0v) is 15.6. The predicted octanol–water partition coefficient (Wildman–Crippen LogP) is 4.85. The highest BCUT2D eigenvalue weighted by Crippen LogP contribution is 2.45. The first-order chi connectivity index (χ1) is 13.3. The maximum absolute atomic E-state index is 12.4. The molecule has 3 aromatic carbocycles. The lowest BCUT2D eigenvalue weighted by Crippen LogP contribution is -2.48. The lowest BCUT2D eigenvalue weighted by molar-refractivity contribution is 0.0302. The van der Waals surface area contributed by atoms with Gasteiger partial charge in [-0.15, -0.1) is 0 Å². The van der Waals surface area contributed by atoms with Crippen molar-refractivity contribution in [1.29, 1.82) is 0 Å². The third-order valence-electron chi connectivity index (χ3n) is 5.79. The van der Waals surface area contributed by atoms with Crippen molar-refractivity contribution >= 4 is 0 Å². The number of benzene rings is 3. The van der Waals surface area contributed by atoms with Gasteiger partial charge in [-0.25, -0.2) is 0 Å². The van der Waals surface area contributed by atoms with Crippen LogP contribution < -0.4 is 5.32 Å². The average molecular weight is 357 g/mol. The molecule has 0 spiro atoms. The summed E-state index contributed by atoms with van der Waals surface area (Å²) in [6.07, 6.45) is 3.47. The minimum absolute atomic E-state index is 0.0659. The third kappa shape index (κ3) is 3.55. The normalized spacial score (nSPS) is 18.8. The van der Waals surface area contributed by atoms with Crippen molar-refractivity contribution in [3.8, 4) is 0 Å². The van der Waals surface area contributed by atoms with Crippen molar-refractivity contribution in [2.45, 2.75) is 36.8 Å². The molecule has 2 N–H and O–H groups in total. The molecule has 0 aromatic heterocycles. The molecule has 3 aromatic rings. The van der Waals surface area contributed by atoms with E-state index in [9.17, 15) is 5.11 Å². The molecule has 1 heterocycles. The van der Waals surface area contributed by atoms with E-state index in [4.69, 9.17) is 0 Å². The van der Waals surface area contributed by atoms with Crippen molar-refractivity contribution < 1.29 is 5.11 Å². The summed E-state index contributed by atoms with van der Waals surface area (Å²) in [7, 11) is 0. The van der Waals surface area contributed by atoms with Crippen molar-refractivity contribution in [1.82, 2.24) is 5.32 Å². The Balaban J connectivity index is 1.91. The first kappa shape index (κ1) is 18.0. The first-order valence-electron chi connectivity index (χ1n) is 9.92. The third-order valence-corrected chi connectivity index (χ3v) is 5.79. The zero-order chi connectivity index (χ0) is 18.5. The van der Waals surface area contributed by atoms with Crippen molar-refractivity contribution in [2.24, 2.45) is 0 Å². The predicted molar refractivity (Wildman–Crippen MR) is 111 cm³/mol. The molecule has 0 aliphatic carbocycles. The minimum atomic E-state index is -1.10. The van der Waals surface area contributed by atoms with Crippen LogP contribution >= 0.6 is 0 Å². The van der Waals surface area contributed by atoms with E-state index in [0.29, 0.717) is 0 Å². The molecule has 1 saturated heterocycles. The molecule has 138 valence electrons. The Morgan fingerprint density at radius 3 is 1.74 bits per heavy atom. The second kappa shape index (κ2) is 8.08. The molecule has 1 aliphatic rings. The molecule has 2 nitrogen and oxygen atoms in total. The fourth-order valence-electron chi connectivity index (χ4n) is 4.50. The number of hydrogen-bond acceptors (Lipinski definition) is 2. The number of nitrogens with one attached hydrogen (secondary N) is 1. The number of hydrogen-bond donors (Lipinski definition) is 2. The zero-order valence-electron chi connectivity index (χ0n) is 15.6. The summed E-state index contributed by atoms with van der Waals surface area (Å²) in [5.74, 6) is -0.0659. The summed E-state index contributed by atoms with van der Waals surface area (Å²) < 4.78 is 0. The van der Waals surface area contributed by atoms with E-state index in [2.05, 4.69) is 29.6 Å². The molecule has 4 rings (SSSR count). The van der Waals surface area contributed by atoms with E-state index < -0.39 is 5.60 Å². The first-order valence-corrected chi connectivity index (χ1v) is 9.92. The molecule has 1 fully saturated rings. The van der Waals surface area contributed by atoms with E-state index in [1.165, 1.54) is 18.4 Å². The molecular formula is C25H27NO. The molecule has 27 heavy (non-hydrogen) atoms. The van der Waals surface area contributed by atoms with Crippen molar-refractivity contribution in [3.05, 3.63) is 108 Å². The van der Waals surface area contributed by atoms with Gasteiger partial charge in [-0.2, -0.15) is 0 Å². The Labute approximate surface area is 161 Å². The maximum Gasteiger partial charge on any atom is 0.123 e. The van der Waals surface area contributed by atoms with Gasteiger partial charge in [0.1, 0.15) is 5.60 Å². The summed E-state index contributed by atoms with van der Waals surface area (Å²) in [5.41, 5.74) is 1.96. The quantitative estimate of drug-likeness (QED) is 0.684. The van der Waals surface area contributed by atoms with E-state index in [1.54, 1.807) is 0 Å². The highest BCUT2D eigenvalue weighted by molar-refractivity contribution is 5.43. The van der Waals surface area contributed by atoms with Crippen LogP contribution in [-0.4, -0.2) is 17.7 Å². The van der Waals surface area contributed by atoms with Crippen LogP contribution in [-0.2, 0) is 5.60 Å². The van der Waals surface area contributed by atoms with Gasteiger partial charge in [-0.05, 0) is 36.1 Å². The van der Waals surface area contributed by atoms with Crippen LogP contribution in [0.3, 0.4) is 0 Å². The van der Waals surface area contributed by atoms with Gasteiger partial charge in [-0.3, -0.25) is 0 Å². The molecule has 0 bridgehead atoms. The molecule has 0 saturated carbocycles. The second-order valence-electron chi connectivity index (χ2n) is 7.44. The van der Waals surface area contributed by atoms with Gasteiger partial charge < -0.3 is 10.4 Å². The topological polar surface area (TPSA) is 32.3 Å². The summed E-state index contributed by atoms with van der Waals surface area (Å²) in [6.45, 7) is 1.01. The molecule has 2 heteroatoms. The van der Waals surface area contributed by atoms with Gasteiger partial charge in [0.15, 0.2) is 0 Å². The van der Waals surface area contributed by atoms with Gasteiger partial charge in [-0.1, -0.05) is 97.4 Å². The van der Waals surface area contributed by atoms with Crippen molar-refractivity contribution in [3.63, 3.8) is 0 Å². The van der Waals surface area contributed by atoms with E-state index in [-0.39, 0.29) is 12.0 Å². The summed E-state index contributed by atoms with van der Waals surface area (Å²) in [6, 6.07) is 31.0. The second-order valence-corrected chi connectivity index (χ2v) is 7.44. The molecule has 0 radical (unpaired) electrons. The van der Waals surface area contributed by atoms with Gasteiger partial charge >= 0.3 is 0 Å². The van der Waals surface area contributed by atoms with Crippen LogP contribution in [0.5, 0.6) is 0 Å². The van der Waals surface area contributed by atoms with Gasteiger partial charge in [0.25, 0.3) is 0 Å². The van der Waals surface area contributed by atoms with Crippen LogP contribution in [0.1, 0.15) is 41.9 Å². The van der Waals surface area contributed by atoms with Crippen LogP contribution in [0.4, 0.5) is 0 Å². The Kier molecular flexibility index (Phi) is 5.38. The molecule has 1 aliphatic heterocycles. The maximum atomic E-state index is 12.4.